The zero-order valence-electron chi connectivity index (χ0n) is 8.87. The second kappa shape index (κ2) is 5.08. The van der Waals surface area contributed by atoms with Crippen LogP contribution < -0.4 is 5.32 Å². The van der Waals surface area contributed by atoms with Gasteiger partial charge in [-0.1, -0.05) is 11.6 Å². The zero-order valence-corrected chi connectivity index (χ0v) is 12.0. The highest BCUT2D eigenvalue weighted by molar-refractivity contribution is 9.10. The average molecular weight is 337 g/mol. The molecule has 1 aromatic rings. The van der Waals surface area contributed by atoms with Crippen LogP contribution in [0.1, 0.15) is 6.42 Å². The molecule has 1 aliphatic heterocycles. The van der Waals surface area contributed by atoms with Crippen molar-refractivity contribution in [2.75, 3.05) is 16.8 Å². The van der Waals surface area contributed by atoms with Crippen molar-refractivity contribution in [3.8, 4) is 0 Å². The van der Waals surface area contributed by atoms with Crippen molar-refractivity contribution in [1.29, 1.82) is 0 Å². The number of hydrogen-bond acceptors (Lipinski definition) is 3. The number of nitrogens with one attached hydrogen (secondary N) is 1. The molecular formula is C11H11BrClNO2S. The fourth-order valence-corrected chi connectivity index (χ4v) is 3.56. The van der Waals surface area contributed by atoms with Crippen molar-refractivity contribution in [2.24, 2.45) is 0 Å². The molecule has 0 saturated carbocycles. The van der Waals surface area contributed by atoms with Crippen LogP contribution in [-0.2, 0) is 4.79 Å². The molecule has 1 unspecified atom stereocenters. The molecule has 2 N–H and O–H groups in total. The lowest BCUT2D eigenvalue weighted by Gasteiger charge is -2.26. The van der Waals surface area contributed by atoms with E-state index in [1.807, 2.05) is 0 Å². The first-order valence-electron chi connectivity index (χ1n) is 5.08. The highest BCUT2D eigenvalue weighted by atomic mass is 79.9. The molecule has 0 radical (unpaired) electrons. The van der Waals surface area contributed by atoms with E-state index in [0.717, 1.165) is 15.9 Å². The summed E-state index contributed by atoms with van der Waals surface area (Å²) < 4.78 is 0.760. The number of benzene rings is 1. The summed E-state index contributed by atoms with van der Waals surface area (Å²) in [4.78, 5) is 11.4. The van der Waals surface area contributed by atoms with E-state index in [2.05, 4.69) is 21.2 Å². The molecule has 0 bridgehead atoms. The van der Waals surface area contributed by atoms with Gasteiger partial charge in [0.05, 0.1) is 5.02 Å². The molecule has 0 aromatic heterocycles. The predicted molar refractivity (Wildman–Crippen MR) is 75.1 cm³/mol. The van der Waals surface area contributed by atoms with Gasteiger partial charge in [0.25, 0.3) is 0 Å². The lowest BCUT2D eigenvalue weighted by atomic mass is 9.99. The molecule has 3 nitrogen and oxygen atoms in total. The summed E-state index contributed by atoms with van der Waals surface area (Å²) in [7, 11) is 0. The maximum Gasteiger partial charge on any atom is 0.330 e. The third kappa shape index (κ3) is 2.72. The standard InChI is InChI=1S/C11H11BrClNO2S/c12-8-5-7(1-2-9(8)13)14-11(10(15)16)3-4-17-6-11/h1-2,5,14H,3-4,6H2,(H,15,16). The maximum absolute atomic E-state index is 11.4. The van der Waals surface area contributed by atoms with Crippen molar-refractivity contribution in [2.45, 2.75) is 12.0 Å². The van der Waals surface area contributed by atoms with E-state index in [1.165, 1.54) is 0 Å². The quantitative estimate of drug-likeness (QED) is 0.887. The molecule has 1 heterocycles. The summed E-state index contributed by atoms with van der Waals surface area (Å²) in [5, 5.41) is 13.1. The Morgan fingerprint density at radius 3 is 2.88 bits per heavy atom. The fourth-order valence-electron chi connectivity index (χ4n) is 1.74. The van der Waals surface area contributed by atoms with Crippen LogP contribution in [0.5, 0.6) is 0 Å². The van der Waals surface area contributed by atoms with Gasteiger partial charge in [0.2, 0.25) is 0 Å². The zero-order chi connectivity index (χ0) is 12.5. The van der Waals surface area contributed by atoms with E-state index in [1.54, 1.807) is 30.0 Å². The molecule has 1 saturated heterocycles. The lowest BCUT2D eigenvalue weighted by Crippen LogP contribution is -2.46. The molecule has 0 aliphatic carbocycles. The van der Waals surface area contributed by atoms with E-state index in [4.69, 9.17) is 11.6 Å². The molecule has 1 aromatic carbocycles. The third-order valence-corrected chi connectivity index (χ3v) is 5.14. The third-order valence-electron chi connectivity index (χ3n) is 2.73. The molecule has 1 atom stereocenters. The van der Waals surface area contributed by atoms with Gasteiger partial charge in [-0.3, -0.25) is 0 Å². The van der Waals surface area contributed by atoms with E-state index >= 15 is 0 Å². The first-order valence-corrected chi connectivity index (χ1v) is 7.40. The summed E-state index contributed by atoms with van der Waals surface area (Å²) >= 11 is 10.9. The Morgan fingerprint density at radius 2 is 2.35 bits per heavy atom. The van der Waals surface area contributed by atoms with Gasteiger partial charge in [-0.15, -0.1) is 0 Å². The van der Waals surface area contributed by atoms with Crippen LogP contribution in [0.2, 0.25) is 5.02 Å². The van der Waals surface area contributed by atoms with E-state index in [9.17, 15) is 9.90 Å². The molecule has 0 spiro atoms. The number of anilines is 1. The minimum atomic E-state index is -0.849. The number of carboxylic acid groups (broad SMARTS) is 1. The normalized spacial score (nSPS) is 23.6. The van der Waals surface area contributed by atoms with Crippen LogP contribution in [0.3, 0.4) is 0 Å². The lowest BCUT2D eigenvalue weighted by molar-refractivity contribution is -0.141. The van der Waals surface area contributed by atoms with Crippen molar-refractivity contribution in [1.82, 2.24) is 0 Å². The van der Waals surface area contributed by atoms with Crippen LogP contribution in [-0.4, -0.2) is 28.1 Å². The smallest absolute Gasteiger partial charge is 0.330 e. The number of rotatable bonds is 3. The van der Waals surface area contributed by atoms with Crippen LogP contribution in [0, 0.1) is 0 Å². The highest BCUT2D eigenvalue weighted by Gasteiger charge is 2.41. The second-order valence-electron chi connectivity index (χ2n) is 3.94. The maximum atomic E-state index is 11.4. The summed E-state index contributed by atoms with van der Waals surface area (Å²) in [5.74, 6) is 0.657. The Morgan fingerprint density at radius 1 is 1.59 bits per heavy atom. The Balaban J connectivity index is 2.23. The number of carboxylic acids is 1. The average Bonchev–Trinajstić information content (AvgIpc) is 2.73. The van der Waals surface area contributed by atoms with E-state index < -0.39 is 11.5 Å². The Bertz CT molecular complexity index is 449. The number of thioether (sulfide) groups is 1. The van der Waals surface area contributed by atoms with Crippen molar-refractivity contribution >= 4 is 50.9 Å². The van der Waals surface area contributed by atoms with Crippen LogP contribution >= 0.6 is 39.3 Å². The van der Waals surface area contributed by atoms with Gasteiger partial charge in [-0.05, 0) is 46.3 Å². The molecule has 6 heteroatoms. The first-order chi connectivity index (χ1) is 8.03. The van der Waals surface area contributed by atoms with E-state index in [0.29, 0.717) is 17.2 Å². The van der Waals surface area contributed by atoms with Crippen molar-refractivity contribution in [3.05, 3.63) is 27.7 Å². The Hall–Kier alpha value is -0.390. The predicted octanol–water partition coefficient (Wildman–Crippen LogP) is 3.47. The molecule has 0 amide bonds. The largest absolute Gasteiger partial charge is 0.479 e. The SMILES string of the molecule is O=C(O)C1(Nc2ccc(Cl)c(Br)c2)CCSC1. The summed E-state index contributed by atoms with van der Waals surface area (Å²) in [5.41, 5.74) is -0.0797. The highest BCUT2D eigenvalue weighted by Crippen LogP contribution is 2.33. The second-order valence-corrected chi connectivity index (χ2v) is 6.31. The Labute approximate surface area is 117 Å². The molecular weight excluding hydrogens is 326 g/mol. The van der Waals surface area contributed by atoms with Gasteiger partial charge in [-0.25, -0.2) is 4.79 Å². The van der Waals surface area contributed by atoms with Crippen molar-refractivity contribution < 1.29 is 9.90 Å². The first kappa shape index (κ1) is 13.1. The molecule has 17 heavy (non-hydrogen) atoms. The van der Waals surface area contributed by atoms with Gasteiger partial charge in [0, 0.05) is 15.9 Å². The number of hydrogen-bond donors (Lipinski definition) is 2. The number of halogens is 2. The van der Waals surface area contributed by atoms with Gasteiger partial charge >= 0.3 is 5.97 Å². The molecule has 92 valence electrons. The van der Waals surface area contributed by atoms with Crippen LogP contribution in [0.4, 0.5) is 5.69 Å². The summed E-state index contributed by atoms with van der Waals surface area (Å²) in [6.07, 6.45) is 0.632. The number of carbonyl (C=O) groups is 1. The van der Waals surface area contributed by atoms with Crippen molar-refractivity contribution in [3.63, 3.8) is 0 Å². The van der Waals surface area contributed by atoms with E-state index in [-0.39, 0.29) is 0 Å². The minimum absolute atomic E-state index is 0.586. The number of aliphatic carboxylic acids is 1. The Kier molecular flexibility index (Phi) is 3.90. The molecule has 1 aliphatic rings. The fraction of sp³-hybridized carbons (Fsp3) is 0.364. The monoisotopic (exact) mass is 335 g/mol. The summed E-state index contributed by atoms with van der Waals surface area (Å²) in [6, 6.07) is 5.34. The molecule has 2 rings (SSSR count). The van der Waals surface area contributed by atoms with Gasteiger partial charge in [0.1, 0.15) is 5.54 Å². The van der Waals surface area contributed by atoms with Crippen LogP contribution in [0.25, 0.3) is 0 Å². The summed E-state index contributed by atoms with van der Waals surface area (Å²) in [6.45, 7) is 0. The molecule has 1 fully saturated rings. The minimum Gasteiger partial charge on any atom is -0.479 e. The topological polar surface area (TPSA) is 49.3 Å². The van der Waals surface area contributed by atoms with Gasteiger partial charge in [-0.2, -0.15) is 11.8 Å². The van der Waals surface area contributed by atoms with Gasteiger partial charge in [0.15, 0.2) is 0 Å². The van der Waals surface area contributed by atoms with Gasteiger partial charge < -0.3 is 10.4 Å². The van der Waals surface area contributed by atoms with Crippen LogP contribution in [0.15, 0.2) is 22.7 Å².